The Balaban J connectivity index is 1.56. The molecule has 28 heavy (non-hydrogen) atoms. The van der Waals surface area contributed by atoms with Gasteiger partial charge in [0.25, 0.3) is 0 Å². The fraction of sp³-hybridized carbons (Fsp3) is 0.500. The summed E-state index contributed by atoms with van der Waals surface area (Å²) in [5, 5.41) is 14.6. The van der Waals surface area contributed by atoms with E-state index in [2.05, 4.69) is 10.00 Å². The largest absolute Gasteiger partial charge is 0.489 e. The summed E-state index contributed by atoms with van der Waals surface area (Å²) >= 11 is 6.51. The van der Waals surface area contributed by atoms with Crippen molar-refractivity contribution in [3.05, 3.63) is 46.7 Å². The molecule has 0 radical (unpaired) electrons. The Kier molecular flexibility index (Phi) is 6.27. The lowest BCUT2D eigenvalue weighted by Gasteiger charge is -2.34. The van der Waals surface area contributed by atoms with Gasteiger partial charge in [0.15, 0.2) is 0 Å². The molecule has 3 rings (SSSR count). The van der Waals surface area contributed by atoms with Crippen LogP contribution >= 0.6 is 11.6 Å². The van der Waals surface area contributed by atoms with E-state index < -0.39 is 5.60 Å². The fourth-order valence-corrected chi connectivity index (χ4v) is 3.29. The zero-order valence-corrected chi connectivity index (χ0v) is 17.3. The molecule has 2 aromatic rings. The lowest BCUT2D eigenvalue weighted by Crippen LogP contribution is -2.49. The number of aliphatic hydroxyl groups is 1. The van der Waals surface area contributed by atoms with Crippen molar-refractivity contribution < 1.29 is 14.6 Å². The first-order chi connectivity index (χ1) is 13.2. The number of hydrogen-bond acceptors (Lipinski definition) is 5. The van der Waals surface area contributed by atoms with Crippen LogP contribution in [0.25, 0.3) is 0 Å². The highest BCUT2D eigenvalue weighted by molar-refractivity contribution is 6.32. The van der Waals surface area contributed by atoms with Gasteiger partial charge in [-0.25, -0.2) is 4.79 Å². The maximum atomic E-state index is 12.5. The molecular formula is C20H27ClN4O3. The number of aromatic nitrogens is 2. The summed E-state index contributed by atoms with van der Waals surface area (Å²) in [4.78, 5) is 16.6. The molecule has 1 aliphatic heterocycles. The molecule has 0 aliphatic carbocycles. The zero-order valence-electron chi connectivity index (χ0n) is 16.6. The van der Waals surface area contributed by atoms with Crippen LogP contribution in [0.1, 0.15) is 25.1 Å². The Morgan fingerprint density at radius 1 is 1.25 bits per heavy atom. The molecule has 0 spiro atoms. The molecule has 1 aromatic heterocycles. The molecule has 152 valence electrons. The fourth-order valence-electron chi connectivity index (χ4n) is 3.05. The summed E-state index contributed by atoms with van der Waals surface area (Å²) in [6.45, 7) is 8.91. The Morgan fingerprint density at radius 3 is 2.57 bits per heavy atom. The summed E-state index contributed by atoms with van der Waals surface area (Å²) in [7, 11) is 0. The van der Waals surface area contributed by atoms with Gasteiger partial charge in [0.2, 0.25) is 0 Å². The highest BCUT2D eigenvalue weighted by atomic mass is 35.5. The molecular weight excluding hydrogens is 380 g/mol. The monoisotopic (exact) mass is 406 g/mol. The molecule has 1 N–H and O–H groups in total. The number of benzene rings is 1. The molecule has 0 atom stereocenters. The summed E-state index contributed by atoms with van der Waals surface area (Å²) in [5.74, 6) is 0.573. The lowest BCUT2D eigenvalue weighted by atomic mass is 10.1. The van der Waals surface area contributed by atoms with Crippen molar-refractivity contribution in [3.8, 4) is 5.75 Å². The first kappa shape index (κ1) is 20.6. The summed E-state index contributed by atoms with van der Waals surface area (Å²) < 4.78 is 7.06. The summed E-state index contributed by atoms with van der Waals surface area (Å²) in [6, 6.07) is 7.42. The van der Waals surface area contributed by atoms with Crippen molar-refractivity contribution in [2.45, 2.75) is 32.9 Å². The van der Waals surface area contributed by atoms with E-state index in [1.807, 2.05) is 30.0 Å². The van der Waals surface area contributed by atoms with E-state index >= 15 is 0 Å². The zero-order chi connectivity index (χ0) is 20.3. The molecule has 1 aromatic carbocycles. The van der Waals surface area contributed by atoms with Gasteiger partial charge in [0.05, 0.1) is 16.3 Å². The highest BCUT2D eigenvalue weighted by Crippen LogP contribution is 2.30. The Hall–Kier alpha value is -2.09. The van der Waals surface area contributed by atoms with Gasteiger partial charge in [-0.3, -0.25) is 4.90 Å². The molecule has 1 amide bonds. The lowest BCUT2D eigenvalue weighted by molar-refractivity contribution is 0.0284. The number of hydrogen-bond donors (Lipinski definition) is 1. The first-order valence-electron chi connectivity index (χ1n) is 9.39. The summed E-state index contributed by atoms with van der Waals surface area (Å²) in [5.41, 5.74) is 0.876. The number of carbonyl (C=O) groups excluding carboxylic acids is 1. The highest BCUT2D eigenvalue weighted by Gasteiger charge is 2.23. The number of nitrogens with zero attached hydrogens (tertiary/aromatic N) is 4. The van der Waals surface area contributed by atoms with Crippen molar-refractivity contribution >= 4 is 17.6 Å². The third-order valence-electron chi connectivity index (χ3n) is 4.58. The van der Waals surface area contributed by atoms with Gasteiger partial charge in [0.1, 0.15) is 12.4 Å². The number of carbonyl (C=O) groups is 1. The van der Waals surface area contributed by atoms with Gasteiger partial charge in [-0.15, -0.1) is 0 Å². The third kappa shape index (κ3) is 5.25. The van der Waals surface area contributed by atoms with Crippen LogP contribution in [0, 0.1) is 6.92 Å². The minimum absolute atomic E-state index is 0.0900. The quantitative estimate of drug-likeness (QED) is 0.826. The number of halogens is 1. The Bertz CT molecular complexity index is 823. The van der Waals surface area contributed by atoms with Crippen LogP contribution in [0.2, 0.25) is 5.02 Å². The first-order valence-corrected chi connectivity index (χ1v) is 9.77. The third-order valence-corrected chi connectivity index (χ3v) is 5.01. The van der Waals surface area contributed by atoms with Gasteiger partial charge < -0.3 is 14.7 Å². The maximum Gasteiger partial charge on any atom is 0.344 e. The molecule has 1 aliphatic rings. The van der Waals surface area contributed by atoms with Gasteiger partial charge in [-0.05, 0) is 38.5 Å². The van der Waals surface area contributed by atoms with Crippen LogP contribution in [0.3, 0.4) is 0 Å². The van der Waals surface area contributed by atoms with Crippen molar-refractivity contribution in [3.63, 3.8) is 0 Å². The molecule has 1 saturated heterocycles. The molecule has 0 unspecified atom stereocenters. The maximum absolute atomic E-state index is 12.5. The number of rotatable bonds is 5. The average Bonchev–Trinajstić information content (AvgIpc) is 3.08. The second-order valence-electron chi connectivity index (χ2n) is 7.78. The van der Waals surface area contributed by atoms with Crippen LogP contribution in [0.5, 0.6) is 5.75 Å². The predicted molar refractivity (Wildman–Crippen MR) is 108 cm³/mol. The molecule has 1 fully saturated rings. The smallest absolute Gasteiger partial charge is 0.344 e. The van der Waals surface area contributed by atoms with E-state index in [1.165, 1.54) is 4.68 Å². The van der Waals surface area contributed by atoms with Crippen molar-refractivity contribution in [2.75, 3.05) is 32.8 Å². The molecule has 2 heterocycles. The van der Waals surface area contributed by atoms with E-state index in [0.29, 0.717) is 30.4 Å². The van der Waals surface area contributed by atoms with Crippen LogP contribution in [-0.2, 0) is 6.54 Å². The van der Waals surface area contributed by atoms with Gasteiger partial charge >= 0.3 is 6.03 Å². The standard InChI is InChI=1S/C20H27ClN4O3/c1-15-7-8-25(22-15)19(26)24-11-9-23(10-12-24)13-16-5-4-6-17(18(16)21)28-14-20(2,3)27/h4-8,27H,9-14H2,1-3H3. The second-order valence-corrected chi connectivity index (χ2v) is 8.16. The molecule has 0 saturated carbocycles. The predicted octanol–water partition coefficient (Wildman–Crippen LogP) is 2.78. The minimum Gasteiger partial charge on any atom is -0.489 e. The summed E-state index contributed by atoms with van der Waals surface area (Å²) in [6.07, 6.45) is 1.70. The van der Waals surface area contributed by atoms with Crippen LogP contribution < -0.4 is 4.74 Å². The van der Waals surface area contributed by atoms with E-state index in [0.717, 1.165) is 24.3 Å². The van der Waals surface area contributed by atoms with Gasteiger partial charge in [-0.1, -0.05) is 23.7 Å². The topological polar surface area (TPSA) is 70.8 Å². The van der Waals surface area contributed by atoms with Crippen LogP contribution in [0.15, 0.2) is 30.5 Å². The van der Waals surface area contributed by atoms with Crippen LogP contribution in [0.4, 0.5) is 4.79 Å². The van der Waals surface area contributed by atoms with Crippen LogP contribution in [-0.4, -0.2) is 69.1 Å². The number of amides is 1. The molecule has 0 bridgehead atoms. The molecule has 7 nitrogen and oxygen atoms in total. The van der Waals surface area contributed by atoms with Crippen molar-refractivity contribution in [1.82, 2.24) is 19.6 Å². The number of piperazine rings is 1. The minimum atomic E-state index is -0.921. The van der Waals surface area contributed by atoms with E-state index in [9.17, 15) is 9.90 Å². The number of aryl methyl sites for hydroxylation is 1. The van der Waals surface area contributed by atoms with Gasteiger partial charge in [-0.2, -0.15) is 9.78 Å². The normalized spacial score (nSPS) is 15.7. The average molecular weight is 407 g/mol. The Morgan fingerprint density at radius 2 is 1.96 bits per heavy atom. The SMILES string of the molecule is Cc1ccn(C(=O)N2CCN(Cc3cccc(OCC(C)(C)O)c3Cl)CC2)n1. The van der Waals surface area contributed by atoms with E-state index in [1.54, 1.807) is 26.1 Å². The molecule has 8 heteroatoms. The second kappa shape index (κ2) is 8.51. The van der Waals surface area contributed by atoms with E-state index in [4.69, 9.17) is 16.3 Å². The van der Waals surface area contributed by atoms with Crippen molar-refractivity contribution in [1.29, 1.82) is 0 Å². The van der Waals surface area contributed by atoms with Crippen molar-refractivity contribution in [2.24, 2.45) is 0 Å². The number of ether oxygens (including phenoxy) is 1. The van der Waals surface area contributed by atoms with Gasteiger partial charge in [0, 0.05) is 38.9 Å². The van der Waals surface area contributed by atoms with E-state index in [-0.39, 0.29) is 12.6 Å². The Labute approximate surface area is 170 Å².